The minimum Gasteiger partial charge on any atom is -0.393 e. The quantitative estimate of drug-likeness (QED) is 0.436. The van der Waals surface area contributed by atoms with Crippen LogP contribution in [0.1, 0.15) is 19.3 Å². The fourth-order valence-corrected chi connectivity index (χ4v) is 3.28. The molecule has 19 heavy (non-hydrogen) atoms. The summed E-state index contributed by atoms with van der Waals surface area (Å²) < 4.78 is 8.93. The normalized spacial score (nSPS) is 28.4. The average molecular weight is 302 g/mol. The number of carbonyl (C=O) groups is 4. The number of rotatable bonds is 4. The van der Waals surface area contributed by atoms with Crippen molar-refractivity contribution in [1.29, 1.82) is 0 Å². The first-order valence-electron chi connectivity index (χ1n) is 5.66. The van der Waals surface area contributed by atoms with Crippen molar-refractivity contribution in [2.75, 3.05) is 0 Å². The zero-order valence-corrected chi connectivity index (χ0v) is 12.0. The summed E-state index contributed by atoms with van der Waals surface area (Å²) in [5, 5.41) is 0.846. The third-order valence-electron chi connectivity index (χ3n) is 2.92. The maximum absolute atomic E-state index is 11.4. The Bertz CT molecular complexity index is 484. The van der Waals surface area contributed by atoms with Crippen LogP contribution in [0.4, 0.5) is 0 Å². The number of cyclic esters (lactones) is 4. The van der Waals surface area contributed by atoms with E-state index in [0.717, 1.165) is 5.31 Å². The zero-order chi connectivity index (χ0) is 14.0. The molecule has 0 spiro atoms. The summed E-state index contributed by atoms with van der Waals surface area (Å²) in [7, 11) is 2.83. The fourth-order valence-electron chi connectivity index (χ4n) is 1.98. The van der Waals surface area contributed by atoms with Gasteiger partial charge in [-0.3, -0.25) is 19.2 Å². The van der Waals surface area contributed by atoms with Gasteiger partial charge in [0, 0.05) is 0 Å². The minimum absolute atomic E-state index is 0.0333. The summed E-state index contributed by atoms with van der Waals surface area (Å²) >= 11 is 0. The number of carbonyl (C=O) groups excluding carboxylic acids is 4. The van der Waals surface area contributed by atoms with Gasteiger partial charge in [0.05, 0.1) is 24.7 Å². The van der Waals surface area contributed by atoms with Gasteiger partial charge >= 0.3 is 23.9 Å². The first kappa shape index (κ1) is 14.3. The molecule has 8 heteroatoms. The van der Waals surface area contributed by atoms with Crippen LogP contribution in [0.3, 0.4) is 0 Å². The lowest BCUT2D eigenvalue weighted by molar-refractivity contribution is -0.154. The van der Waals surface area contributed by atoms with Gasteiger partial charge < -0.3 is 9.47 Å². The van der Waals surface area contributed by atoms with Crippen LogP contribution in [0.5, 0.6) is 0 Å². The third kappa shape index (κ3) is 3.46. The van der Waals surface area contributed by atoms with Gasteiger partial charge in [0.1, 0.15) is 0 Å². The van der Waals surface area contributed by atoms with Gasteiger partial charge in [-0.1, -0.05) is 14.3 Å². The molecule has 2 fully saturated rings. The molecule has 2 aliphatic rings. The molecule has 0 aromatic rings. The molecule has 102 valence electrons. The highest BCUT2D eigenvalue weighted by molar-refractivity contribution is 8.05. The van der Waals surface area contributed by atoms with E-state index >= 15 is 0 Å². The van der Waals surface area contributed by atoms with Crippen molar-refractivity contribution < 1.29 is 28.7 Å². The summed E-state index contributed by atoms with van der Waals surface area (Å²) in [6.07, 6.45) is 2.13. The van der Waals surface area contributed by atoms with Crippen molar-refractivity contribution in [1.82, 2.24) is 0 Å². The molecular formula is C11H12O6P2. The van der Waals surface area contributed by atoms with Crippen molar-refractivity contribution in [2.24, 2.45) is 11.8 Å². The standard InChI is InChI=1S/C11H12O6P2/c12-8-3-5(10(14)16-8)1-7(19-18)2-6-4-9(13)17-11(6)15/h1,5-6,19H,2-4,18H2/b7-1+. The monoisotopic (exact) mass is 302 g/mol. The summed E-state index contributed by atoms with van der Waals surface area (Å²) in [5.74, 6) is -3.20. The molecule has 0 bridgehead atoms. The third-order valence-corrected chi connectivity index (χ3v) is 4.77. The maximum atomic E-state index is 11.4. The largest absolute Gasteiger partial charge is 0.393 e. The zero-order valence-electron chi connectivity index (χ0n) is 9.88. The van der Waals surface area contributed by atoms with Gasteiger partial charge in [-0.25, -0.2) is 0 Å². The Morgan fingerprint density at radius 2 is 1.79 bits per heavy atom. The van der Waals surface area contributed by atoms with Gasteiger partial charge in [-0.15, -0.1) is 8.93 Å². The topological polar surface area (TPSA) is 86.7 Å². The average Bonchev–Trinajstić information content (AvgIpc) is 2.81. The van der Waals surface area contributed by atoms with Crippen LogP contribution in [0.2, 0.25) is 0 Å². The van der Waals surface area contributed by atoms with Crippen LogP contribution in [0.25, 0.3) is 0 Å². The van der Waals surface area contributed by atoms with Gasteiger partial charge in [0.15, 0.2) is 0 Å². The SMILES string of the molecule is O=C1CC(/C=C(\CC2CC(=O)OC2=O)PP)C(=O)O1. The van der Waals surface area contributed by atoms with Crippen molar-refractivity contribution in [3.63, 3.8) is 0 Å². The van der Waals surface area contributed by atoms with Crippen LogP contribution >= 0.6 is 17.2 Å². The summed E-state index contributed by atoms with van der Waals surface area (Å²) in [5.41, 5.74) is 0. The molecule has 0 aliphatic carbocycles. The van der Waals surface area contributed by atoms with E-state index in [0.29, 0.717) is 14.7 Å². The van der Waals surface area contributed by atoms with Gasteiger partial charge in [0.2, 0.25) is 0 Å². The highest BCUT2D eigenvalue weighted by Crippen LogP contribution is 2.39. The van der Waals surface area contributed by atoms with E-state index in [1.165, 1.54) is 0 Å². The summed E-state index contributed by atoms with van der Waals surface area (Å²) in [6.45, 7) is 0. The predicted molar refractivity (Wildman–Crippen MR) is 69.1 cm³/mol. The van der Waals surface area contributed by atoms with E-state index in [1.54, 1.807) is 6.08 Å². The lowest BCUT2D eigenvalue weighted by atomic mass is 10.0. The maximum Gasteiger partial charge on any atom is 0.321 e. The molecule has 4 unspecified atom stereocenters. The molecule has 0 amide bonds. The lowest BCUT2D eigenvalue weighted by Crippen LogP contribution is -2.09. The van der Waals surface area contributed by atoms with E-state index < -0.39 is 35.7 Å². The first-order valence-corrected chi connectivity index (χ1v) is 8.47. The highest BCUT2D eigenvalue weighted by Gasteiger charge is 2.35. The first-order chi connectivity index (χ1) is 8.99. The minimum atomic E-state index is -0.580. The van der Waals surface area contributed by atoms with Gasteiger partial charge in [-0.05, 0) is 11.7 Å². The molecule has 2 rings (SSSR count). The molecule has 0 aromatic carbocycles. The number of ether oxygens (including phenoxy) is 2. The molecule has 0 radical (unpaired) electrons. The van der Waals surface area contributed by atoms with Crippen molar-refractivity contribution >= 4 is 41.1 Å². The molecule has 0 saturated carbocycles. The molecule has 2 saturated heterocycles. The smallest absolute Gasteiger partial charge is 0.321 e. The molecule has 6 nitrogen and oxygen atoms in total. The van der Waals surface area contributed by atoms with Crippen molar-refractivity contribution in [3.8, 4) is 0 Å². The van der Waals surface area contributed by atoms with E-state index in [2.05, 4.69) is 18.4 Å². The van der Waals surface area contributed by atoms with E-state index in [9.17, 15) is 19.2 Å². The number of hydrogen-bond donors (Lipinski definition) is 0. The Morgan fingerprint density at radius 1 is 1.16 bits per heavy atom. The highest BCUT2D eigenvalue weighted by atomic mass is 32.0. The fraction of sp³-hybridized carbons (Fsp3) is 0.455. The van der Waals surface area contributed by atoms with Crippen LogP contribution < -0.4 is 0 Å². The Labute approximate surface area is 113 Å². The lowest BCUT2D eigenvalue weighted by Gasteiger charge is -2.08. The molecular weight excluding hydrogens is 290 g/mol. The van der Waals surface area contributed by atoms with E-state index in [1.807, 2.05) is 0 Å². The number of allylic oxidation sites excluding steroid dienone is 1. The molecule has 2 aliphatic heterocycles. The van der Waals surface area contributed by atoms with Crippen LogP contribution in [0, 0.1) is 11.8 Å². The number of esters is 4. The molecule has 0 aromatic heterocycles. The van der Waals surface area contributed by atoms with Crippen molar-refractivity contribution in [3.05, 3.63) is 11.4 Å². The van der Waals surface area contributed by atoms with Crippen LogP contribution in [-0.4, -0.2) is 23.9 Å². The molecule has 0 N–H and O–H groups in total. The van der Waals surface area contributed by atoms with Crippen molar-refractivity contribution in [2.45, 2.75) is 19.3 Å². The molecule has 4 atom stereocenters. The van der Waals surface area contributed by atoms with Gasteiger partial charge in [-0.2, -0.15) is 0 Å². The Hall–Kier alpha value is -1.12. The summed E-state index contributed by atoms with van der Waals surface area (Å²) in [6, 6.07) is 0. The second-order valence-electron chi connectivity index (χ2n) is 4.34. The Kier molecular flexibility index (Phi) is 4.43. The molecule has 2 heterocycles. The second-order valence-corrected chi connectivity index (χ2v) is 6.14. The number of hydrogen-bond acceptors (Lipinski definition) is 6. The second kappa shape index (κ2) is 5.89. The summed E-state index contributed by atoms with van der Waals surface area (Å²) in [4.78, 5) is 44.7. The Balaban J connectivity index is 2.04. The van der Waals surface area contributed by atoms with E-state index in [-0.39, 0.29) is 12.8 Å². The Morgan fingerprint density at radius 3 is 2.26 bits per heavy atom. The van der Waals surface area contributed by atoms with Gasteiger partial charge in [0.25, 0.3) is 0 Å². The van der Waals surface area contributed by atoms with Crippen LogP contribution in [-0.2, 0) is 28.7 Å². The van der Waals surface area contributed by atoms with Crippen LogP contribution in [0.15, 0.2) is 11.4 Å². The van der Waals surface area contributed by atoms with E-state index in [4.69, 9.17) is 0 Å². The predicted octanol–water partition coefficient (Wildman–Crippen LogP) is 0.908.